The van der Waals surface area contributed by atoms with Gasteiger partial charge in [-0.1, -0.05) is 0 Å². The van der Waals surface area contributed by atoms with Gasteiger partial charge < -0.3 is 19.8 Å². The molecule has 2 bridgehead atoms. The minimum absolute atomic E-state index is 0.0120. The number of carbonyl (C=O) groups excluding carboxylic acids is 1. The lowest BCUT2D eigenvalue weighted by Gasteiger charge is -2.20. The van der Waals surface area contributed by atoms with Crippen LogP contribution in [0.1, 0.15) is 28.9 Å². The van der Waals surface area contributed by atoms with E-state index in [4.69, 9.17) is 9.15 Å². The van der Waals surface area contributed by atoms with Gasteiger partial charge in [-0.3, -0.25) is 4.79 Å². The first-order valence-electron chi connectivity index (χ1n) is 7.40. The molecule has 4 rings (SSSR count). The molecule has 116 valence electrons. The van der Waals surface area contributed by atoms with E-state index in [-0.39, 0.29) is 18.0 Å². The van der Waals surface area contributed by atoms with Gasteiger partial charge in [0.2, 0.25) is 0 Å². The predicted octanol–water partition coefficient (Wildman–Crippen LogP) is 2.03. The number of aromatic nitrogens is 1. The van der Waals surface area contributed by atoms with Crippen molar-refractivity contribution in [2.45, 2.75) is 37.4 Å². The number of carbonyl (C=O) groups is 1. The molecule has 2 fully saturated rings. The molecule has 4 heterocycles. The van der Waals surface area contributed by atoms with Crippen LogP contribution in [0.25, 0.3) is 10.6 Å². The summed E-state index contributed by atoms with van der Waals surface area (Å²) in [4.78, 5) is 17.9. The Labute approximate surface area is 131 Å². The third kappa shape index (κ3) is 2.40. The molecule has 0 saturated carbocycles. The average Bonchev–Trinajstić information content (AvgIpc) is 3.28. The number of ether oxygens (including phenoxy) is 1. The molecule has 2 aliphatic rings. The number of fused-ring (bicyclic) bond motifs is 2. The second-order valence-electron chi connectivity index (χ2n) is 5.72. The maximum Gasteiger partial charge on any atom is 0.393 e. The summed E-state index contributed by atoms with van der Waals surface area (Å²) in [6.45, 7) is 0. The molecule has 2 aromatic rings. The first-order chi connectivity index (χ1) is 10.7. The van der Waals surface area contributed by atoms with Crippen molar-refractivity contribution in [3.8, 4) is 16.7 Å². The van der Waals surface area contributed by atoms with Crippen LogP contribution in [0, 0.1) is 0 Å². The van der Waals surface area contributed by atoms with Crippen molar-refractivity contribution >= 4 is 17.2 Å². The Hall–Kier alpha value is -1.86. The van der Waals surface area contributed by atoms with Gasteiger partial charge in [0.1, 0.15) is 0 Å². The Morgan fingerprint density at radius 3 is 3.09 bits per heavy atom. The third-order valence-corrected chi connectivity index (χ3v) is 5.45. The highest BCUT2D eigenvalue weighted by molar-refractivity contribution is 7.17. The van der Waals surface area contributed by atoms with Crippen LogP contribution in [0.2, 0.25) is 0 Å². The summed E-state index contributed by atoms with van der Waals surface area (Å²) in [5.74, 6) is 0.601. The fraction of sp³-hybridized carbons (Fsp3) is 0.467. The van der Waals surface area contributed by atoms with Gasteiger partial charge in [0.05, 0.1) is 23.1 Å². The summed E-state index contributed by atoms with van der Waals surface area (Å²) < 4.78 is 10.3. The maximum absolute atomic E-state index is 12.4. The van der Waals surface area contributed by atoms with Gasteiger partial charge >= 0.3 is 6.08 Å². The van der Waals surface area contributed by atoms with Gasteiger partial charge in [-0.25, -0.2) is 0 Å². The van der Waals surface area contributed by atoms with Crippen LogP contribution in [-0.4, -0.2) is 36.1 Å². The van der Waals surface area contributed by atoms with Gasteiger partial charge in [-0.15, -0.1) is 11.3 Å². The van der Waals surface area contributed by atoms with Crippen LogP contribution >= 0.6 is 11.3 Å². The Morgan fingerprint density at radius 1 is 1.50 bits per heavy atom. The first-order valence-corrected chi connectivity index (χ1v) is 8.21. The summed E-state index contributed by atoms with van der Waals surface area (Å²) in [6, 6.07) is 4.97. The number of thiophene rings is 1. The predicted molar refractivity (Wildman–Crippen MR) is 82.2 cm³/mol. The van der Waals surface area contributed by atoms with E-state index < -0.39 is 0 Å². The van der Waals surface area contributed by atoms with Crippen LogP contribution in [0.15, 0.2) is 22.7 Å². The van der Waals surface area contributed by atoms with Crippen LogP contribution < -0.4 is 15.4 Å². The molecule has 6 nitrogen and oxygen atoms in total. The van der Waals surface area contributed by atoms with Crippen molar-refractivity contribution in [3.63, 3.8) is 0 Å². The fourth-order valence-corrected chi connectivity index (χ4v) is 4.14. The molecule has 2 aliphatic heterocycles. The van der Waals surface area contributed by atoms with Crippen molar-refractivity contribution in [2.24, 2.45) is 0 Å². The summed E-state index contributed by atoms with van der Waals surface area (Å²) in [6.07, 6.45) is 5.25. The molecule has 0 spiro atoms. The number of methoxy groups -OCH3 is 1. The molecule has 3 atom stereocenters. The van der Waals surface area contributed by atoms with Crippen molar-refractivity contribution in [2.75, 3.05) is 7.11 Å². The van der Waals surface area contributed by atoms with Crippen molar-refractivity contribution < 1.29 is 13.9 Å². The monoisotopic (exact) mass is 319 g/mol. The number of hydrogen-bond acceptors (Lipinski definition) is 6. The zero-order valence-corrected chi connectivity index (χ0v) is 13.0. The van der Waals surface area contributed by atoms with Gasteiger partial charge in [0.25, 0.3) is 5.91 Å². The molecule has 0 radical (unpaired) electrons. The Balaban J connectivity index is 1.45. The molecule has 2 saturated heterocycles. The minimum Gasteiger partial charge on any atom is -0.454 e. The number of oxazole rings is 1. The third-order valence-electron chi connectivity index (χ3n) is 4.35. The second kappa shape index (κ2) is 5.40. The van der Waals surface area contributed by atoms with E-state index in [0.717, 1.165) is 17.7 Å². The summed E-state index contributed by atoms with van der Waals surface area (Å²) >= 11 is 1.40. The van der Waals surface area contributed by atoms with Crippen molar-refractivity contribution in [1.29, 1.82) is 0 Å². The molecule has 1 amide bonds. The quantitative estimate of drug-likeness (QED) is 0.902. The molecule has 2 N–H and O–H groups in total. The molecule has 0 aromatic carbocycles. The largest absolute Gasteiger partial charge is 0.454 e. The Bertz CT molecular complexity index is 696. The normalized spacial score (nSPS) is 26.3. The van der Waals surface area contributed by atoms with Crippen LogP contribution in [0.4, 0.5) is 0 Å². The molecule has 22 heavy (non-hydrogen) atoms. The average molecular weight is 319 g/mol. The van der Waals surface area contributed by atoms with Crippen LogP contribution in [-0.2, 0) is 0 Å². The molecular weight excluding hydrogens is 302 g/mol. The SMILES string of the molecule is COc1ncc(-c2ccc(C(=O)NC3CC4CCC3N4)s2)o1. The van der Waals surface area contributed by atoms with E-state index in [9.17, 15) is 4.79 Å². The second-order valence-corrected chi connectivity index (χ2v) is 6.81. The van der Waals surface area contributed by atoms with E-state index in [1.165, 1.54) is 24.9 Å². The number of nitrogens with one attached hydrogen (secondary N) is 2. The topological polar surface area (TPSA) is 76.4 Å². The lowest BCUT2D eigenvalue weighted by molar-refractivity contribution is 0.0935. The summed E-state index contributed by atoms with van der Waals surface area (Å²) in [5, 5.41) is 6.67. The number of nitrogens with zero attached hydrogens (tertiary/aromatic N) is 1. The Morgan fingerprint density at radius 2 is 2.41 bits per heavy atom. The van der Waals surface area contributed by atoms with Crippen molar-refractivity contribution in [1.82, 2.24) is 15.6 Å². The molecule has 2 aromatic heterocycles. The van der Waals surface area contributed by atoms with E-state index in [2.05, 4.69) is 15.6 Å². The van der Waals surface area contributed by atoms with E-state index in [1.54, 1.807) is 6.20 Å². The van der Waals surface area contributed by atoms with E-state index in [0.29, 0.717) is 22.7 Å². The van der Waals surface area contributed by atoms with E-state index in [1.807, 2.05) is 12.1 Å². The van der Waals surface area contributed by atoms with Gasteiger partial charge in [0.15, 0.2) is 5.76 Å². The van der Waals surface area contributed by atoms with Gasteiger partial charge in [-0.2, -0.15) is 4.98 Å². The van der Waals surface area contributed by atoms with E-state index >= 15 is 0 Å². The molecular formula is C15H17N3O3S. The Kier molecular flexibility index (Phi) is 3.38. The number of rotatable bonds is 4. The highest BCUT2D eigenvalue weighted by Crippen LogP contribution is 2.31. The highest BCUT2D eigenvalue weighted by Gasteiger charge is 2.39. The zero-order valence-electron chi connectivity index (χ0n) is 12.2. The molecule has 0 aliphatic carbocycles. The number of amides is 1. The summed E-state index contributed by atoms with van der Waals surface area (Å²) in [5.41, 5.74) is 0. The number of hydrogen-bond donors (Lipinski definition) is 2. The minimum atomic E-state index is -0.0120. The zero-order chi connectivity index (χ0) is 15.1. The van der Waals surface area contributed by atoms with Gasteiger partial charge in [0, 0.05) is 18.1 Å². The maximum atomic E-state index is 12.4. The standard InChI is InChI=1S/C15H17N3O3S/c1-20-15-16-7-11(21-15)12-4-5-13(22-12)14(19)18-10-6-8-2-3-9(10)17-8/h4-5,7-10,17H,2-3,6H2,1H3,(H,18,19). The highest BCUT2D eigenvalue weighted by atomic mass is 32.1. The smallest absolute Gasteiger partial charge is 0.393 e. The van der Waals surface area contributed by atoms with Crippen molar-refractivity contribution in [3.05, 3.63) is 23.2 Å². The van der Waals surface area contributed by atoms with Crippen LogP contribution in [0.3, 0.4) is 0 Å². The molecule has 3 unspecified atom stereocenters. The molecule has 7 heteroatoms. The van der Waals surface area contributed by atoms with Gasteiger partial charge in [-0.05, 0) is 31.4 Å². The lowest BCUT2D eigenvalue weighted by Crippen LogP contribution is -2.42. The first kappa shape index (κ1) is 13.8. The fourth-order valence-electron chi connectivity index (χ4n) is 3.28. The lowest BCUT2D eigenvalue weighted by atomic mass is 9.95. The summed E-state index contributed by atoms with van der Waals surface area (Å²) in [7, 11) is 1.51. The van der Waals surface area contributed by atoms with Crippen LogP contribution in [0.5, 0.6) is 6.08 Å².